The molecule has 3 aliphatic rings. The van der Waals surface area contributed by atoms with E-state index >= 15 is 0 Å². The standard InChI is InChI=1S/C28H36N8O8S/c1-28(2,3)36(27(38)39)25-30-16-18(17-31-25)24(37)33-26-32-21-19(23-29-8-9-35(23)26)6-7-20(22(21)42-4)44-12-5-15-45(40,41)34-10-13-43-14-11-34/h6-7,16-17H,5,8-15H2,1-4H3,(H,38,39)(H,32,33,37). The molecule has 2 amide bonds. The van der Waals surface area contributed by atoms with E-state index in [1.807, 2.05) is 0 Å². The lowest BCUT2D eigenvalue weighted by Gasteiger charge is -2.31. The summed E-state index contributed by atoms with van der Waals surface area (Å²) in [6, 6.07) is 3.52. The Balaban J connectivity index is 1.32. The van der Waals surface area contributed by atoms with Gasteiger partial charge in [0.2, 0.25) is 21.9 Å². The van der Waals surface area contributed by atoms with Crippen LogP contribution in [0.1, 0.15) is 43.1 Å². The minimum absolute atomic E-state index is 0.0552. The molecular weight excluding hydrogens is 608 g/mol. The number of anilines is 1. The molecule has 16 nitrogen and oxygen atoms in total. The normalized spacial score (nSPS) is 16.7. The van der Waals surface area contributed by atoms with Crippen LogP contribution in [0.2, 0.25) is 0 Å². The highest BCUT2D eigenvalue weighted by atomic mass is 32.2. The van der Waals surface area contributed by atoms with E-state index in [1.54, 1.807) is 37.8 Å². The molecule has 0 unspecified atom stereocenters. The van der Waals surface area contributed by atoms with Crippen molar-refractivity contribution in [2.45, 2.75) is 32.7 Å². The van der Waals surface area contributed by atoms with Crippen LogP contribution < -0.4 is 19.7 Å². The van der Waals surface area contributed by atoms with Crippen LogP contribution >= 0.6 is 0 Å². The molecule has 0 bridgehead atoms. The highest BCUT2D eigenvalue weighted by Gasteiger charge is 2.34. The number of fused-ring (bicyclic) bond motifs is 3. The molecule has 5 rings (SSSR count). The second kappa shape index (κ2) is 12.9. The third kappa shape index (κ3) is 6.84. The smallest absolute Gasteiger partial charge is 0.414 e. The molecule has 0 spiro atoms. The van der Waals surface area contributed by atoms with Crippen molar-refractivity contribution in [1.29, 1.82) is 0 Å². The van der Waals surface area contributed by atoms with Gasteiger partial charge in [-0.3, -0.25) is 20.0 Å². The number of benzene rings is 1. The number of carboxylic acid groups (broad SMARTS) is 1. The molecule has 242 valence electrons. The van der Waals surface area contributed by atoms with Crippen LogP contribution in [0.4, 0.5) is 16.4 Å². The topological polar surface area (TPSA) is 188 Å². The van der Waals surface area contributed by atoms with Gasteiger partial charge in [-0.2, -0.15) is 4.31 Å². The van der Waals surface area contributed by atoms with Gasteiger partial charge in [0.1, 0.15) is 11.5 Å². The number of morpholine rings is 1. The molecule has 17 heteroatoms. The zero-order valence-electron chi connectivity index (χ0n) is 25.5. The highest BCUT2D eigenvalue weighted by Crippen LogP contribution is 2.43. The van der Waals surface area contributed by atoms with Gasteiger partial charge in [-0.15, -0.1) is 0 Å². The van der Waals surface area contributed by atoms with Crippen LogP contribution in [0.15, 0.2) is 34.5 Å². The first-order chi connectivity index (χ1) is 21.4. The number of carbonyl (C=O) groups excluding carboxylic acids is 1. The number of hydrogen-bond donors (Lipinski definition) is 2. The molecular formula is C28H36N8O8S. The molecule has 1 fully saturated rings. The molecule has 0 saturated carbocycles. The summed E-state index contributed by atoms with van der Waals surface area (Å²) in [4.78, 5) is 45.3. The van der Waals surface area contributed by atoms with Gasteiger partial charge >= 0.3 is 6.09 Å². The van der Waals surface area contributed by atoms with Crippen LogP contribution in [-0.2, 0) is 14.8 Å². The number of hydrogen-bond acceptors (Lipinski definition) is 12. The number of aliphatic imine (C=N–C) groups is 2. The second-order valence-electron chi connectivity index (χ2n) is 11.3. The Labute approximate surface area is 260 Å². The number of amides is 2. The molecule has 1 aromatic heterocycles. The lowest BCUT2D eigenvalue weighted by Crippen LogP contribution is -2.48. The van der Waals surface area contributed by atoms with Crippen LogP contribution in [-0.4, -0.2) is 121 Å². The molecule has 0 aliphatic carbocycles. The number of ether oxygens (including phenoxy) is 3. The van der Waals surface area contributed by atoms with Gasteiger partial charge in [0.15, 0.2) is 11.5 Å². The van der Waals surface area contributed by atoms with E-state index in [1.165, 1.54) is 23.8 Å². The number of methoxy groups -OCH3 is 1. The summed E-state index contributed by atoms with van der Waals surface area (Å²) in [5, 5.41) is 12.4. The number of nitrogens with zero attached hydrogens (tertiary/aromatic N) is 7. The molecule has 45 heavy (non-hydrogen) atoms. The van der Waals surface area contributed by atoms with Crippen molar-refractivity contribution in [3.63, 3.8) is 0 Å². The fraction of sp³-hybridized carbons (Fsp3) is 0.500. The molecule has 2 N–H and O–H groups in total. The molecule has 1 saturated heterocycles. The molecule has 2 aromatic rings. The van der Waals surface area contributed by atoms with Crippen molar-refractivity contribution < 1.29 is 37.3 Å². The number of carbonyl (C=O) groups is 2. The van der Waals surface area contributed by atoms with E-state index < -0.39 is 27.6 Å². The number of rotatable bonds is 9. The second-order valence-corrected chi connectivity index (χ2v) is 13.4. The predicted octanol–water partition coefficient (Wildman–Crippen LogP) is 1.69. The van der Waals surface area contributed by atoms with Crippen LogP contribution in [0.3, 0.4) is 0 Å². The fourth-order valence-electron chi connectivity index (χ4n) is 5.08. The molecule has 1 aromatic carbocycles. The number of guanidine groups is 1. The first kappa shape index (κ1) is 32.1. The lowest BCUT2D eigenvalue weighted by atomic mass is 10.1. The largest absolute Gasteiger partial charge is 0.491 e. The summed E-state index contributed by atoms with van der Waals surface area (Å²) in [5.41, 5.74) is 0.388. The summed E-state index contributed by atoms with van der Waals surface area (Å²) >= 11 is 0. The first-order valence-corrected chi connectivity index (χ1v) is 16.0. The van der Waals surface area contributed by atoms with Gasteiger partial charge in [-0.1, -0.05) is 0 Å². The number of aromatic nitrogens is 2. The predicted molar refractivity (Wildman–Crippen MR) is 164 cm³/mol. The zero-order chi connectivity index (χ0) is 32.4. The van der Waals surface area contributed by atoms with Crippen molar-refractivity contribution in [3.05, 3.63) is 35.7 Å². The Morgan fingerprint density at radius 1 is 1.13 bits per heavy atom. The zero-order valence-corrected chi connectivity index (χ0v) is 26.3. The average Bonchev–Trinajstić information content (AvgIpc) is 3.50. The van der Waals surface area contributed by atoms with Gasteiger partial charge < -0.3 is 19.3 Å². The molecule has 4 heterocycles. The van der Waals surface area contributed by atoms with Crippen LogP contribution in [0.5, 0.6) is 11.5 Å². The first-order valence-electron chi connectivity index (χ1n) is 14.4. The third-order valence-corrected chi connectivity index (χ3v) is 9.17. The summed E-state index contributed by atoms with van der Waals surface area (Å²) in [6.07, 6.45) is 1.56. The maximum atomic E-state index is 13.2. The van der Waals surface area contributed by atoms with Crippen LogP contribution in [0.25, 0.3) is 0 Å². The fourth-order valence-corrected chi connectivity index (χ4v) is 6.52. The van der Waals surface area contributed by atoms with E-state index in [2.05, 4.69) is 20.3 Å². The van der Waals surface area contributed by atoms with Crippen molar-refractivity contribution in [2.24, 2.45) is 9.98 Å². The van der Waals surface area contributed by atoms with E-state index in [0.717, 1.165) is 4.90 Å². The molecule has 3 aliphatic heterocycles. The maximum Gasteiger partial charge on any atom is 0.414 e. The molecule has 0 atom stereocenters. The van der Waals surface area contributed by atoms with E-state index in [9.17, 15) is 23.1 Å². The summed E-state index contributed by atoms with van der Waals surface area (Å²) in [5.74, 6) is 0.823. The Morgan fingerprint density at radius 2 is 1.84 bits per heavy atom. The number of sulfonamides is 1. The van der Waals surface area contributed by atoms with Crippen molar-refractivity contribution in [1.82, 2.24) is 24.5 Å². The Bertz CT molecular complexity index is 1620. The number of amidine groups is 1. The number of nitrogens with one attached hydrogen (secondary N) is 1. The van der Waals surface area contributed by atoms with Gasteiger partial charge in [-0.05, 0) is 39.3 Å². The van der Waals surface area contributed by atoms with Gasteiger partial charge in [0.25, 0.3) is 5.91 Å². The summed E-state index contributed by atoms with van der Waals surface area (Å²) in [6.45, 7) is 7.69. The Morgan fingerprint density at radius 3 is 2.49 bits per heavy atom. The minimum atomic E-state index is -3.42. The van der Waals surface area contributed by atoms with E-state index in [-0.39, 0.29) is 36.3 Å². The maximum absolute atomic E-state index is 13.2. The summed E-state index contributed by atoms with van der Waals surface area (Å²) < 4.78 is 43.6. The van der Waals surface area contributed by atoms with Gasteiger partial charge in [0, 0.05) is 43.1 Å². The molecule has 0 radical (unpaired) electrons. The summed E-state index contributed by atoms with van der Waals surface area (Å²) in [7, 11) is -1.94. The third-order valence-electron chi connectivity index (χ3n) is 7.21. The highest BCUT2D eigenvalue weighted by molar-refractivity contribution is 7.89. The quantitative estimate of drug-likeness (QED) is 0.378. The lowest BCUT2D eigenvalue weighted by molar-refractivity contribution is 0.0730. The van der Waals surface area contributed by atoms with Crippen LogP contribution in [0, 0.1) is 0 Å². The van der Waals surface area contributed by atoms with E-state index in [4.69, 9.17) is 19.2 Å². The Hall–Kier alpha value is -4.35. The van der Waals surface area contributed by atoms with Gasteiger partial charge in [-0.25, -0.2) is 33.1 Å². The Kier molecular flexibility index (Phi) is 9.22. The average molecular weight is 645 g/mol. The SMILES string of the molecule is COc1c(OCCCS(=O)(=O)N2CCOCC2)ccc2c1N=C(NC(=O)c1cnc(N(C(=O)O)C(C)(C)C)nc1)N1CCN=C21. The van der Waals surface area contributed by atoms with E-state index in [0.29, 0.717) is 68.0 Å². The van der Waals surface area contributed by atoms with Crippen molar-refractivity contribution >= 4 is 45.5 Å². The van der Waals surface area contributed by atoms with Crippen molar-refractivity contribution in [2.75, 3.05) is 63.8 Å². The van der Waals surface area contributed by atoms with Gasteiger partial charge in [0.05, 0.1) is 44.8 Å². The monoisotopic (exact) mass is 644 g/mol. The van der Waals surface area contributed by atoms with Crippen molar-refractivity contribution in [3.8, 4) is 11.5 Å². The minimum Gasteiger partial charge on any atom is -0.491 e.